The molecule has 0 radical (unpaired) electrons. The standard InChI is InChI=1S/C13H18BrNO/c14-12-6-2-1-5-11(12)9-15-10-13(16)7-3-4-8-13/h1-2,5-6,15-16H,3-4,7-10H2. The first kappa shape index (κ1) is 12.1. The third-order valence-electron chi connectivity index (χ3n) is 3.26. The molecule has 1 aromatic carbocycles. The van der Waals surface area contributed by atoms with Crippen molar-refractivity contribution in [3.63, 3.8) is 0 Å². The Morgan fingerprint density at radius 2 is 1.94 bits per heavy atom. The third-order valence-corrected chi connectivity index (χ3v) is 4.04. The van der Waals surface area contributed by atoms with Crippen molar-refractivity contribution >= 4 is 15.9 Å². The molecule has 0 atom stereocenters. The topological polar surface area (TPSA) is 32.3 Å². The number of nitrogens with one attached hydrogen (secondary N) is 1. The smallest absolute Gasteiger partial charge is 0.0771 e. The lowest BCUT2D eigenvalue weighted by Crippen LogP contribution is -2.37. The molecule has 1 aliphatic carbocycles. The SMILES string of the molecule is OC1(CNCc2ccccc2Br)CCCC1. The van der Waals surface area contributed by atoms with Crippen LogP contribution in [0.25, 0.3) is 0 Å². The Balaban J connectivity index is 1.82. The molecule has 1 aliphatic rings. The van der Waals surface area contributed by atoms with E-state index in [1.54, 1.807) is 0 Å². The monoisotopic (exact) mass is 283 g/mol. The lowest BCUT2D eigenvalue weighted by atomic mass is 10.0. The van der Waals surface area contributed by atoms with E-state index >= 15 is 0 Å². The summed E-state index contributed by atoms with van der Waals surface area (Å²) in [7, 11) is 0. The van der Waals surface area contributed by atoms with E-state index in [1.165, 1.54) is 5.56 Å². The Morgan fingerprint density at radius 3 is 2.62 bits per heavy atom. The normalized spacial score (nSPS) is 18.9. The van der Waals surface area contributed by atoms with E-state index in [-0.39, 0.29) is 0 Å². The summed E-state index contributed by atoms with van der Waals surface area (Å²) < 4.78 is 1.13. The summed E-state index contributed by atoms with van der Waals surface area (Å²) in [5.41, 5.74) is 0.783. The zero-order valence-electron chi connectivity index (χ0n) is 9.38. The van der Waals surface area contributed by atoms with Gasteiger partial charge in [0.2, 0.25) is 0 Å². The Hall–Kier alpha value is -0.380. The molecule has 0 aliphatic heterocycles. The molecule has 1 aromatic rings. The Kier molecular flexibility index (Phi) is 4.00. The quantitative estimate of drug-likeness (QED) is 0.891. The molecule has 0 unspecified atom stereocenters. The van der Waals surface area contributed by atoms with E-state index in [1.807, 2.05) is 18.2 Å². The molecular weight excluding hydrogens is 266 g/mol. The number of hydrogen-bond acceptors (Lipinski definition) is 2. The Labute approximate surface area is 105 Å². The second-order valence-corrected chi connectivity index (χ2v) is 5.48. The van der Waals surface area contributed by atoms with Crippen LogP contribution in [-0.2, 0) is 6.54 Å². The van der Waals surface area contributed by atoms with Crippen LogP contribution in [0.15, 0.2) is 28.7 Å². The molecule has 1 fully saturated rings. The largest absolute Gasteiger partial charge is 0.389 e. The molecule has 1 saturated carbocycles. The average Bonchev–Trinajstić information content (AvgIpc) is 2.68. The van der Waals surface area contributed by atoms with E-state index in [9.17, 15) is 5.11 Å². The molecule has 2 rings (SSSR count). The van der Waals surface area contributed by atoms with Gasteiger partial charge in [0.15, 0.2) is 0 Å². The molecule has 0 aromatic heterocycles. The van der Waals surface area contributed by atoms with Crippen molar-refractivity contribution in [1.29, 1.82) is 0 Å². The first-order chi connectivity index (χ1) is 7.70. The van der Waals surface area contributed by atoms with Crippen molar-refractivity contribution in [3.05, 3.63) is 34.3 Å². The maximum absolute atomic E-state index is 10.2. The molecule has 3 heteroatoms. The molecule has 0 heterocycles. The summed E-state index contributed by atoms with van der Waals surface area (Å²) in [6, 6.07) is 8.18. The van der Waals surface area contributed by atoms with Gasteiger partial charge >= 0.3 is 0 Å². The fraction of sp³-hybridized carbons (Fsp3) is 0.538. The average molecular weight is 284 g/mol. The Bertz CT molecular complexity index is 348. The summed E-state index contributed by atoms with van der Waals surface area (Å²) in [6.07, 6.45) is 4.20. The molecule has 0 bridgehead atoms. The van der Waals surface area contributed by atoms with Crippen molar-refractivity contribution in [2.75, 3.05) is 6.54 Å². The number of benzene rings is 1. The van der Waals surface area contributed by atoms with Gasteiger partial charge in [-0.1, -0.05) is 47.0 Å². The van der Waals surface area contributed by atoms with E-state index in [4.69, 9.17) is 0 Å². The summed E-state index contributed by atoms with van der Waals surface area (Å²) in [5.74, 6) is 0. The van der Waals surface area contributed by atoms with E-state index in [0.29, 0.717) is 6.54 Å². The predicted octanol–water partition coefficient (Wildman–Crippen LogP) is 2.84. The number of aliphatic hydroxyl groups is 1. The highest BCUT2D eigenvalue weighted by atomic mass is 79.9. The van der Waals surface area contributed by atoms with Gasteiger partial charge in [-0.15, -0.1) is 0 Å². The second kappa shape index (κ2) is 5.30. The van der Waals surface area contributed by atoms with Crippen molar-refractivity contribution in [1.82, 2.24) is 5.32 Å². The lowest BCUT2D eigenvalue weighted by Gasteiger charge is -2.22. The van der Waals surface area contributed by atoms with Crippen LogP contribution in [0, 0.1) is 0 Å². The molecule has 0 spiro atoms. The first-order valence-corrected chi connectivity index (χ1v) is 6.65. The number of halogens is 1. The minimum atomic E-state index is -0.457. The van der Waals surface area contributed by atoms with Gasteiger partial charge < -0.3 is 10.4 Å². The summed E-state index contributed by atoms with van der Waals surface area (Å²) in [6.45, 7) is 1.51. The molecule has 0 saturated heterocycles. The molecular formula is C13H18BrNO. The van der Waals surface area contributed by atoms with Crippen LogP contribution < -0.4 is 5.32 Å². The highest BCUT2D eigenvalue weighted by Crippen LogP contribution is 2.28. The van der Waals surface area contributed by atoms with Crippen molar-refractivity contribution in [2.45, 2.75) is 37.8 Å². The van der Waals surface area contributed by atoms with Gasteiger partial charge in [-0.05, 0) is 24.5 Å². The molecule has 88 valence electrons. The van der Waals surface area contributed by atoms with Gasteiger partial charge in [0.25, 0.3) is 0 Å². The summed E-state index contributed by atoms with van der Waals surface area (Å²) >= 11 is 3.52. The van der Waals surface area contributed by atoms with Crippen LogP contribution in [0.4, 0.5) is 0 Å². The predicted molar refractivity (Wildman–Crippen MR) is 69.3 cm³/mol. The van der Waals surface area contributed by atoms with Gasteiger partial charge in [-0.25, -0.2) is 0 Å². The molecule has 2 nitrogen and oxygen atoms in total. The zero-order chi connectivity index (χ0) is 11.4. The maximum atomic E-state index is 10.2. The van der Waals surface area contributed by atoms with Gasteiger partial charge in [-0.3, -0.25) is 0 Å². The third kappa shape index (κ3) is 3.06. The van der Waals surface area contributed by atoms with Gasteiger partial charge in [0.05, 0.1) is 5.60 Å². The first-order valence-electron chi connectivity index (χ1n) is 5.86. The van der Waals surface area contributed by atoms with Crippen LogP contribution in [0.2, 0.25) is 0 Å². The van der Waals surface area contributed by atoms with Crippen LogP contribution >= 0.6 is 15.9 Å². The lowest BCUT2D eigenvalue weighted by molar-refractivity contribution is 0.0475. The zero-order valence-corrected chi connectivity index (χ0v) is 11.0. The molecule has 0 amide bonds. The second-order valence-electron chi connectivity index (χ2n) is 4.63. The van der Waals surface area contributed by atoms with Crippen molar-refractivity contribution in [3.8, 4) is 0 Å². The van der Waals surface area contributed by atoms with Crippen molar-refractivity contribution < 1.29 is 5.11 Å². The minimum absolute atomic E-state index is 0.457. The van der Waals surface area contributed by atoms with Gasteiger partial charge in [-0.2, -0.15) is 0 Å². The summed E-state index contributed by atoms with van der Waals surface area (Å²) in [4.78, 5) is 0. The fourth-order valence-electron chi connectivity index (χ4n) is 2.28. The van der Waals surface area contributed by atoms with E-state index in [2.05, 4.69) is 27.3 Å². The molecule has 2 N–H and O–H groups in total. The molecule has 16 heavy (non-hydrogen) atoms. The van der Waals surface area contributed by atoms with E-state index in [0.717, 1.165) is 36.7 Å². The summed E-state index contributed by atoms with van der Waals surface area (Å²) in [5, 5.41) is 13.5. The maximum Gasteiger partial charge on any atom is 0.0771 e. The highest BCUT2D eigenvalue weighted by Gasteiger charge is 2.30. The van der Waals surface area contributed by atoms with Gasteiger partial charge in [0, 0.05) is 17.6 Å². The van der Waals surface area contributed by atoms with E-state index < -0.39 is 5.60 Å². The van der Waals surface area contributed by atoms with Crippen LogP contribution in [0.5, 0.6) is 0 Å². The van der Waals surface area contributed by atoms with Crippen LogP contribution in [-0.4, -0.2) is 17.3 Å². The van der Waals surface area contributed by atoms with Crippen LogP contribution in [0.3, 0.4) is 0 Å². The van der Waals surface area contributed by atoms with Crippen molar-refractivity contribution in [2.24, 2.45) is 0 Å². The Morgan fingerprint density at radius 1 is 1.25 bits per heavy atom. The number of rotatable bonds is 4. The fourth-order valence-corrected chi connectivity index (χ4v) is 2.71. The van der Waals surface area contributed by atoms with Crippen LogP contribution in [0.1, 0.15) is 31.2 Å². The number of hydrogen-bond donors (Lipinski definition) is 2. The minimum Gasteiger partial charge on any atom is -0.389 e. The van der Waals surface area contributed by atoms with Gasteiger partial charge in [0.1, 0.15) is 0 Å². The highest BCUT2D eigenvalue weighted by molar-refractivity contribution is 9.10.